The Balaban J connectivity index is 2.48. The monoisotopic (exact) mass is 241 g/mol. The molecule has 2 amide bonds. The average molecular weight is 241 g/mol. The lowest BCUT2D eigenvalue weighted by molar-refractivity contribution is 0.155. The molecule has 0 aromatic carbocycles. The Kier molecular flexibility index (Phi) is 6.34. The van der Waals surface area contributed by atoms with Gasteiger partial charge in [-0.05, 0) is 32.7 Å². The number of carbonyl (C=O) groups excluding carboxylic acids is 1. The molecule has 1 N–H and O–H groups in total. The van der Waals surface area contributed by atoms with E-state index in [2.05, 4.69) is 12.2 Å². The summed E-state index contributed by atoms with van der Waals surface area (Å²) in [5.74, 6) is 0. The van der Waals surface area contributed by atoms with Crippen molar-refractivity contribution in [3.63, 3.8) is 0 Å². The summed E-state index contributed by atoms with van der Waals surface area (Å²) >= 11 is 0. The first-order chi connectivity index (χ1) is 8.19. The van der Waals surface area contributed by atoms with E-state index in [-0.39, 0.29) is 6.03 Å². The van der Waals surface area contributed by atoms with Crippen LogP contribution >= 0.6 is 0 Å². The average Bonchev–Trinajstić information content (AvgIpc) is 2.37. The number of urea groups is 1. The van der Waals surface area contributed by atoms with Crippen molar-refractivity contribution in [3.05, 3.63) is 0 Å². The van der Waals surface area contributed by atoms with Crippen LogP contribution in [0.5, 0.6) is 0 Å². The molecular formula is C13H27N3O. The molecule has 1 aliphatic heterocycles. The van der Waals surface area contributed by atoms with Gasteiger partial charge in [0.25, 0.3) is 0 Å². The Morgan fingerprint density at radius 1 is 1.35 bits per heavy atom. The van der Waals surface area contributed by atoms with Crippen LogP contribution in [0.3, 0.4) is 0 Å². The molecule has 100 valence electrons. The molecule has 1 heterocycles. The third kappa shape index (κ3) is 4.54. The molecular weight excluding hydrogens is 214 g/mol. The number of nitrogens with zero attached hydrogens (tertiary/aromatic N) is 2. The maximum absolute atomic E-state index is 12.2. The van der Waals surface area contributed by atoms with E-state index in [1.54, 1.807) is 4.90 Å². The fourth-order valence-corrected chi connectivity index (χ4v) is 2.26. The first-order valence-electron chi connectivity index (χ1n) is 6.92. The largest absolute Gasteiger partial charge is 0.328 e. The zero-order valence-corrected chi connectivity index (χ0v) is 11.5. The van der Waals surface area contributed by atoms with E-state index in [9.17, 15) is 4.79 Å². The van der Waals surface area contributed by atoms with Crippen LogP contribution in [-0.4, -0.2) is 55.1 Å². The van der Waals surface area contributed by atoms with E-state index in [1.807, 2.05) is 18.9 Å². The summed E-state index contributed by atoms with van der Waals surface area (Å²) in [6.07, 6.45) is 4.78. The molecule has 4 nitrogen and oxygen atoms in total. The van der Waals surface area contributed by atoms with Crippen LogP contribution in [0.1, 0.15) is 39.5 Å². The van der Waals surface area contributed by atoms with Crippen LogP contribution in [0.15, 0.2) is 0 Å². The van der Waals surface area contributed by atoms with E-state index >= 15 is 0 Å². The van der Waals surface area contributed by atoms with Gasteiger partial charge in [-0.1, -0.05) is 13.3 Å². The number of rotatable bonds is 5. The molecule has 0 aromatic heterocycles. The van der Waals surface area contributed by atoms with Gasteiger partial charge in [-0.15, -0.1) is 0 Å². The van der Waals surface area contributed by atoms with Crippen LogP contribution in [0.25, 0.3) is 0 Å². The van der Waals surface area contributed by atoms with Crippen molar-refractivity contribution in [2.75, 3.05) is 33.2 Å². The minimum absolute atomic E-state index is 0.168. The highest BCUT2D eigenvalue weighted by Crippen LogP contribution is 2.10. The number of piperidine rings is 1. The van der Waals surface area contributed by atoms with Crippen LogP contribution in [-0.2, 0) is 0 Å². The first kappa shape index (κ1) is 14.3. The number of carbonyl (C=O) groups is 1. The molecule has 0 aromatic rings. The van der Waals surface area contributed by atoms with E-state index in [4.69, 9.17) is 0 Å². The van der Waals surface area contributed by atoms with Gasteiger partial charge in [-0.3, -0.25) is 0 Å². The quantitative estimate of drug-likeness (QED) is 0.798. The fraction of sp³-hybridized carbons (Fsp3) is 0.923. The van der Waals surface area contributed by atoms with Gasteiger partial charge in [0, 0.05) is 32.7 Å². The Bertz CT molecular complexity index is 227. The van der Waals surface area contributed by atoms with Crippen molar-refractivity contribution in [2.24, 2.45) is 0 Å². The molecule has 0 spiro atoms. The van der Waals surface area contributed by atoms with Crippen LogP contribution < -0.4 is 5.32 Å². The fourth-order valence-electron chi connectivity index (χ4n) is 2.26. The van der Waals surface area contributed by atoms with E-state index in [0.29, 0.717) is 6.04 Å². The molecule has 1 atom stereocenters. The third-order valence-electron chi connectivity index (χ3n) is 3.42. The van der Waals surface area contributed by atoms with Gasteiger partial charge in [-0.2, -0.15) is 0 Å². The Labute approximate surface area is 105 Å². The minimum atomic E-state index is 0.168. The summed E-state index contributed by atoms with van der Waals surface area (Å²) in [6.45, 7) is 7.74. The van der Waals surface area contributed by atoms with Crippen LogP contribution in [0.4, 0.5) is 4.79 Å². The third-order valence-corrected chi connectivity index (χ3v) is 3.42. The van der Waals surface area contributed by atoms with Crippen molar-refractivity contribution >= 4 is 6.03 Å². The molecule has 1 saturated heterocycles. The molecule has 17 heavy (non-hydrogen) atoms. The molecule has 4 heteroatoms. The lowest BCUT2D eigenvalue weighted by Gasteiger charge is -2.32. The summed E-state index contributed by atoms with van der Waals surface area (Å²) in [4.78, 5) is 15.9. The molecule has 1 rings (SSSR count). The number of hydrogen-bond donors (Lipinski definition) is 1. The predicted octanol–water partition coefficient (Wildman–Crippen LogP) is 1.91. The number of amides is 2. The van der Waals surface area contributed by atoms with Gasteiger partial charge in [0.15, 0.2) is 0 Å². The second-order valence-corrected chi connectivity index (χ2v) is 4.89. The highest BCUT2D eigenvalue weighted by molar-refractivity contribution is 5.74. The van der Waals surface area contributed by atoms with Crippen molar-refractivity contribution in [1.29, 1.82) is 0 Å². The maximum Gasteiger partial charge on any atom is 0.319 e. The Morgan fingerprint density at radius 2 is 2.12 bits per heavy atom. The first-order valence-corrected chi connectivity index (χ1v) is 6.92. The van der Waals surface area contributed by atoms with Crippen molar-refractivity contribution in [3.8, 4) is 0 Å². The molecule has 1 unspecified atom stereocenters. The van der Waals surface area contributed by atoms with Crippen molar-refractivity contribution in [2.45, 2.75) is 45.6 Å². The second kappa shape index (κ2) is 7.54. The summed E-state index contributed by atoms with van der Waals surface area (Å²) in [7, 11) is 1.87. The van der Waals surface area contributed by atoms with Crippen LogP contribution in [0.2, 0.25) is 0 Å². The topological polar surface area (TPSA) is 35.6 Å². The Morgan fingerprint density at radius 3 is 2.65 bits per heavy atom. The second-order valence-electron chi connectivity index (χ2n) is 4.89. The lowest BCUT2D eigenvalue weighted by atomic mass is 10.0. The number of nitrogens with one attached hydrogen (secondary N) is 1. The molecule has 0 radical (unpaired) electrons. The lowest BCUT2D eigenvalue weighted by Crippen LogP contribution is -2.49. The van der Waals surface area contributed by atoms with Crippen LogP contribution in [0, 0.1) is 0 Å². The SMILES string of the molecule is CCCN(CC1CCCCN1)C(=O)N(C)CC. The van der Waals surface area contributed by atoms with Crippen molar-refractivity contribution in [1.82, 2.24) is 15.1 Å². The highest BCUT2D eigenvalue weighted by Gasteiger charge is 2.21. The van der Waals surface area contributed by atoms with Gasteiger partial charge in [-0.25, -0.2) is 4.79 Å². The van der Waals surface area contributed by atoms with Gasteiger partial charge in [0.05, 0.1) is 0 Å². The van der Waals surface area contributed by atoms with E-state index < -0.39 is 0 Å². The summed E-state index contributed by atoms with van der Waals surface area (Å²) in [5, 5.41) is 3.51. The smallest absolute Gasteiger partial charge is 0.319 e. The maximum atomic E-state index is 12.2. The molecule has 1 aliphatic rings. The zero-order valence-electron chi connectivity index (χ0n) is 11.5. The highest BCUT2D eigenvalue weighted by atomic mass is 16.2. The van der Waals surface area contributed by atoms with Gasteiger partial charge in [0.1, 0.15) is 0 Å². The summed E-state index contributed by atoms with van der Waals surface area (Å²) in [6, 6.07) is 0.659. The molecule has 0 bridgehead atoms. The Hall–Kier alpha value is -0.770. The number of hydrogen-bond acceptors (Lipinski definition) is 2. The zero-order chi connectivity index (χ0) is 12.7. The van der Waals surface area contributed by atoms with E-state index in [1.165, 1.54) is 19.3 Å². The summed E-state index contributed by atoms with van der Waals surface area (Å²) < 4.78 is 0. The van der Waals surface area contributed by atoms with Gasteiger partial charge >= 0.3 is 6.03 Å². The standard InChI is InChI=1S/C13H27N3O/c1-4-10-16(13(17)15(3)5-2)11-12-8-6-7-9-14-12/h12,14H,4-11H2,1-3H3. The minimum Gasteiger partial charge on any atom is -0.328 e. The molecule has 0 aliphatic carbocycles. The van der Waals surface area contributed by atoms with E-state index in [0.717, 1.165) is 32.6 Å². The summed E-state index contributed by atoms with van der Waals surface area (Å²) in [5.41, 5.74) is 0. The molecule has 0 saturated carbocycles. The van der Waals surface area contributed by atoms with Gasteiger partial charge < -0.3 is 15.1 Å². The molecule has 1 fully saturated rings. The van der Waals surface area contributed by atoms with Gasteiger partial charge in [0.2, 0.25) is 0 Å². The van der Waals surface area contributed by atoms with Crippen molar-refractivity contribution < 1.29 is 4.79 Å². The predicted molar refractivity (Wildman–Crippen MR) is 71.2 cm³/mol. The normalized spacial score (nSPS) is 20.1.